The Morgan fingerprint density at radius 2 is 2.08 bits per heavy atom. The number of esters is 1. The lowest BCUT2D eigenvalue weighted by atomic mass is 10.2. The molecule has 0 aromatic rings. The van der Waals surface area contributed by atoms with Crippen molar-refractivity contribution in [1.29, 1.82) is 0 Å². The number of carbonyl (C=O) groups excluding carboxylic acids is 2. The fourth-order valence-electron chi connectivity index (χ4n) is 3.50. The van der Waals surface area contributed by atoms with E-state index < -0.39 is 6.04 Å². The Balaban J connectivity index is 1.78. The van der Waals surface area contributed by atoms with Crippen LogP contribution in [0.4, 0.5) is 0 Å². The fraction of sp³-hybridized carbons (Fsp3) is 0.889. The number of ether oxygens (including phenoxy) is 2. The number of morpholine rings is 1. The number of likely N-dealkylation sites (tertiary alicyclic amines) is 1. The third-order valence-corrected chi connectivity index (χ3v) is 4.57. The third-order valence-electron chi connectivity index (χ3n) is 4.57. The summed E-state index contributed by atoms with van der Waals surface area (Å²) in [5.41, 5.74) is 0. The highest BCUT2D eigenvalue weighted by Gasteiger charge is 2.35. The van der Waals surface area contributed by atoms with Gasteiger partial charge in [-0.3, -0.25) is 9.69 Å². The van der Waals surface area contributed by atoms with Gasteiger partial charge in [0.05, 0.1) is 6.61 Å². The molecular formula is C18H32N2O4. The molecule has 2 aliphatic heterocycles. The van der Waals surface area contributed by atoms with Crippen molar-refractivity contribution in [1.82, 2.24) is 9.80 Å². The summed E-state index contributed by atoms with van der Waals surface area (Å²) in [5.74, 6) is 0.401. The molecule has 2 saturated heterocycles. The number of rotatable bonds is 7. The second kappa shape index (κ2) is 9.37. The van der Waals surface area contributed by atoms with E-state index in [4.69, 9.17) is 9.47 Å². The van der Waals surface area contributed by atoms with Gasteiger partial charge in [-0.15, -0.1) is 0 Å². The van der Waals surface area contributed by atoms with Crippen LogP contribution in [0.2, 0.25) is 0 Å². The maximum Gasteiger partial charge on any atom is 0.328 e. The highest BCUT2D eigenvalue weighted by Crippen LogP contribution is 2.20. The summed E-state index contributed by atoms with van der Waals surface area (Å²) < 4.78 is 11.2. The molecule has 6 heteroatoms. The van der Waals surface area contributed by atoms with E-state index in [2.05, 4.69) is 18.7 Å². The molecule has 0 spiro atoms. The van der Waals surface area contributed by atoms with Crippen LogP contribution in [0.15, 0.2) is 0 Å². The van der Waals surface area contributed by atoms with Crippen LogP contribution in [0.3, 0.4) is 0 Å². The molecule has 2 rings (SSSR count). The van der Waals surface area contributed by atoms with Crippen LogP contribution in [-0.2, 0) is 19.1 Å². The molecule has 0 aromatic heterocycles. The largest absolute Gasteiger partial charge is 0.461 e. The van der Waals surface area contributed by atoms with E-state index in [1.54, 1.807) is 4.90 Å². The summed E-state index contributed by atoms with van der Waals surface area (Å²) in [6.07, 6.45) is 2.82. The van der Waals surface area contributed by atoms with E-state index in [0.717, 1.165) is 32.5 Å². The molecule has 24 heavy (non-hydrogen) atoms. The third kappa shape index (κ3) is 5.45. The van der Waals surface area contributed by atoms with E-state index in [9.17, 15) is 9.59 Å². The minimum absolute atomic E-state index is 0.0639. The molecule has 0 aromatic carbocycles. The summed E-state index contributed by atoms with van der Waals surface area (Å²) in [5, 5.41) is 0. The highest BCUT2D eigenvalue weighted by atomic mass is 16.6. The first-order valence-electron chi connectivity index (χ1n) is 9.31. The SMILES string of the molecule is CCCC(=O)N1CCCC1C(=O)OCC1CN(CC(C)C)CCO1. The van der Waals surface area contributed by atoms with E-state index in [1.165, 1.54) is 0 Å². The number of hydrogen-bond donors (Lipinski definition) is 0. The minimum atomic E-state index is -0.403. The Kier molecular flexibility index (Phi) is 7.49. The molecule has 0 aliphatic carbocycles. The zero-order chi connectivity index (χ0) is 17.5. The molecular weight excluding hydrogens is 308 g/mol. The number of amides is 1. The molecule has 2 atom stereocenters. The Hall–Kier alpha value is -1.14. The van der Waals surface area contributed by atoms with Crippen molar-refractivity contribution in [3.8, 4) is 0 Å². The van der Waals surface area contributed by atoms with Crippen molar-refractivity contribution >= 4 is 11.9 Å². The first-order chi connectivity index (χ1) is 11.5. The fourth-order valence-corrected chi connectivity index (χ4v) is 3.50. The number of hydrogen-bond acceptors (Lipinski definition) is 5. The van der Waals surface area contributed by atoms with Crippen molar-refractivity contribution in [3.63, 3.8) is 0 Å². The van der Waals surface area contributed by atoms with E-state index >= 15 is 0 Å². The quantitative estimate of drug-likeness (QED) is 0.660. The van der Waals surface area contributed by atoms with Gasteiger partial charge in [0.15, 0.2) is 0 Å². The molecule has 2 heterocycles. The van der Waals surface area contributed by atoms with Gasteiger partial charge in [-0.05, 0) is 25.2 Å². The van der Waals surface area contributed by atoms with Gasteiger partial charge in [0.1, 0.15) is 18.8 Å². The molecule has 138 valence electrons. The normalized spacial score (nSPS) is 25.2. The van der Waals surface area contributed by atoms with Crippen molar-refractivity contribution in [2.75, 3.05) is 39.4 Å². The lowest BCUT2D eigenvalue weighted by Crippen LogP contribution is -2.47. The number of carbonyl (C=O) groups is 2. The maximum absolute atomic E-state index is 12.4. The van der Waals surface area contributed by atoms with Crippen LogP contribution in [-0.4, -0.2) is 73.2 Å². The van der Waals surface area contributed by atoms with Gasteiger partial charge in [0.2, 0.25) is 5.91 Å². The Morgan fingerprint density at radius 1 is 1.29 bits per heavy atom. The summed E-state index contributed by atoms with van der Waals surface area (Å²) >= 11 is 0. The van der Waals surface area contributed by atoms with Crippen molar-refractivity contribution in [2.24, 2.45) is 5.92 Å². The second-order valence-electron chi connectivity index (χ2n) is 7.27. The van der Waals surface area contributed by atoms with Crippen LogP contribution >= 0.6 is 0 Å². The Bertz CT molecular complexity index is 427. The first-order valence-corrected chi connectivity index (χ1v) is 9.31. The van der Waals surface area contributed by atoms with Crippen molar-refractivity contribution < 1.29 is 19.1 Å². The average Bonchev–Trinajstić information content (AvgIpc) is 3.02. The first kappa shape index (κ1) is 19.2. The molecule has 0 N–H and O–H groups in total. The summed E-state index contributed by atoms with van der Waals surface area (Å²) in [6, 6.07) is -0.403. The van der Waals surface area contributed by atoms with Gasteiger partial charge in [0.25, 0.3) is 0 Å². The Morgan fingerprint density at radius 3 is 2.79 bits per heavy atom. The summed E-state index contributed by atoms with van der Waals surface area (Å²) in [6.45, 7) is 10.8. The van der Waals surface area contributed by atoms with Crippen LogP contribution in [0.1, 0.15) is 46.5 Å². The topological polar surface area (TPSA) is 59.1 Å². The van der Waals surface area contributed by atoms with Crippen LogP contribution in [0.5, 0.6) is 0 Å². The molecule has 0 bridgehead atoms. The summed E-state index contributed by atoms with van der Waals surface area (Å²) in [7, 11) is 0. The van der Waals surface area contributed by atoms with Gasteiger partial charge >= 0.3 is 5.97 Å². The Labute approximate surface area is 145 Å². The zero-order valence-corrected chi connectivity index (χ0v) is 15.3. The summed E-state index contributed by atoms with van der Waals surface area (Å²) in [4.78, 5) is 28.5. The lowest BCUT2D eigenvalue weighted by molar-refractivity contribution is -0.159. The van der Waals surface area contributed by atoms with E-state index in [1.807, 2.05) is 6.92 Å². The van der Waals surface area contributed by atoms with Gasteiger partial charge in [-0.25, -0.2) is 4.79 Å². The van der Waals surface area contributed by atoms with Crippen LogP contribution in [0.25, 0.3) is 0 Å². The van der Waals surface area contributed by atoms with Gasteiger partial charge in [-0.2, -0.15) is 0 Å². The molecule has 0 saturated carbocycles. The van der Waals surface area contributed by atoms with E-state index in [0.29, 0.717) is 31.9 Å². The molecule has 2 unspecified atom stereocenters. The molecule has 0 radical (unpaired) electrons. The molecule has 6 nitrogen and oxygen atoms in total. The van der Waals surface area contributed by atoms with Crippen molar-refractivity contribution in [2.45, 2.75) is 58.6 Å². The highest BCUT2D eigenvalue weighted by molar-refractivity contribution is 5.85. The van der Waals surface area contributed by atoms with Crippen molar-refractivity contribution in [3.05, 3.63) is 0 Å². The second-order valence-corrected chi connectivity index (χ2v) is 7.27. The minimum Gasteiger partial charge on any atom is -0.461 e. The molecule has 2 aliphatic rings. The smallest absolute Gasteiger partial charge is 0.328 e. The van der Waals surface area contributed by atoms with E-state index in [-0.39, 0.29) is 24.6 Å². The molecule has 1 amide bonds. The lowest BCUT2D eigenvalue weighted by Gasteiger charge is -2.33. The maximum atomic E-state index is 12.4. The van der Waals surface area contributed by atoms with Gasteiger partial charge < -0.3 is 14.4 Å². The predicted octanol–water partition coefficient (Wildman–Crippen LogP) is 1.68. The predicted molar refractivity (Wildman–Crippen MR) is 91.6 cm³/mol. The van der Waals surface area contributed by atoms with Gasteiger partial charge in [0, 0.05) is 32.6 Å². The molecule has 2 fully saturated rings. The van der Waals surface area contributed by atoms with Gasteiger partial charge in [-0.1, -0.05) is 20.8 Å². The zero-order valence-electron chi connectivity index (χ0n) is 15.3. The van der Waals surface area contributed by atoms with Crippen LogP contribution < -0.4 is 0 Å². The average molecular weight is 340 g/mol. The standard InChI is InChI=1S/C18H32N2O4/c1-4-6-17(21)20-8-5-7-16(20)18(22)24-13-15-12-19(9-10-23-15)11-14(2)3/h14-16H,4-13H2,1-3H3. The van der Waals surface area contributed by atoms with Crippen LogP contribution in [0, 0.1) is 5.92 Å². The number of nitrogens with zero attached hydrogens (tertiary/aromatic N) is 2. The monoisotopic (exact) mass is 340 g/mol.